The van der Waals surface area contributed by atoms with Crippen LogP contribution in [0.3, 0.4) is 0 Å². The molecule has 3 aliphatic rings. The second kappa shape index (κ2) is 5.67. The summed E-state index contributed by atoms with van der Waals surface area (Å²) in [5, 5.41) is 0. The van der Waals surface area contributed by atoms with Crippen molar-refractivity contribution in [1.29, 1.82) is 0 Å². The molecule has 0 N–H and O–H groups in total. The molecule has 0 fully saturated rings. The Bertz CT molecular complexity index is 882. The fourth-order valence-corrected chi connectivity index (χ4v) is 17.7. The molecule has 0 bridgehead atoms. The van der Waals surface area contributed by atoms with E-state index in [1.165, 1.54) is 24.8 Å². The molecule has 0 aliphatic heterocycles. The zero-order chi connectivity index (χ0) is 19.1. The van der Waals surface area contributed by atoms with Gasteiger partial charge in [0, 0.05) is 0 Å². The van der Waals surface area contributed by atoms with Gasteiger partial charge in [-0.15, -0.1) is 0 Å². The van der Waals surface area contributed by atoms with Crippen LogP contribution in [0.1, 0.15) is 70.2 Å². The Kier molecular flexibility index (Phi) is 4.07. The Morgan fingerprint density at radius 2 is 1.38 bits per heavy atom. The average Bonchev–Trinajstić information content (AvgIpc) is 3.24. The van der Waals surface area contributed by atoms with Gasteiger partial charge in [-0.1, -0.05) is 0 Å². The molecule has 3 aliphatic carbocycles. The van der Waals surface area contributed by atoms with Crippen molar-refractivity contribution in [3.05, 3.63) is 62.8 Å². The van der Waals surface area contributed by atoms with Crippen molar-refractivity contribution in [1.82, 2.24) is 0 Å². The third kappa shape index (κ3) is 2.05. The van der Waals surface area contributed by atoms with Crippen molar-refractivity contribution < 1.29 is 20.3 Å². The Morgan fingerprint density at radius 3 is 1.96 bits per heavy atom. The maximum absolute atomic E-state index is 2.74. The minimum atomic E-state index is -2.74. The number of benzene rings is 1. The molecule has 0 aromatic heterocycles. The first kappa shape index (κ1) is 18.7. The van der Waals surface area contributed by atoms with Crippen LogP contribution in [-0.2, 0) is 36.2 Å². The van der Waals surface area contributed by atoms with Gasteiger partial charge in [0.2, 0.25) is 0 Å². The predicted molar refractivity (Wildman–Crippen MR) is 112 cm³/mol. The van der Waals surface area contributed by atoms with E-state index in [2.05, 4.69) is 75.1 Å². The topological polar surface area (TPSA) is 0 Å². The molecule has 1 heteroatoms. The van der Waals surface area contributed by atoms with Crippen molar-refractivity contribution >= 4 is 6.08 Å². The van der Waals surface area contributed by atoms with Gasteiger partial charge in [0.1, 0.15) is 0 Å². The fraction of sp³-hybridized carbons (Fsp3) is 0.520. The molecule has 0 amide bonds. The van der Waals surface area contributed by atoms with Crippen LogP contribution in [0.4, 0.5) is 0 Å². The molecule has 1 aromatic carbocycles. The number of hydrogen-bond donors (Lipinski definition) is 0. The van der Waals surface area contributed by atoms with Gasteiger partial charge in [0.25, 0.3) is 0 Å². The van der Waals surface area contributed by atoms with E-state index in [4.69, 9.17) is 0 Å². The van der Waals surface area contributed by atoms with E-state index >= 15 is 0 Å². The van der Waals surface area contributed by atoms with E-state index in [0.29, 0.717) is 3.12 Å². The molecular weight excluding hydrogens is 391 g/mol. The second-order valence-corrected chi connectivity index (χ2v) is 22.8. The van der Waals surface area contributed by atoms with Gasteiger partial charge in [-0.2, -0.15) is 0 Å². The van der Waals surface area contributed by atoms with E-state index in [9.17, 15) is 0 Å². The van der Waals surface area contributed by atoms with E-state index in [-0.39, 0.29) is 3.12 Å². The summed E-state index contributed by atoms with van der Waals surface area (Å²) in [4.78, 5) is 0. The fourth-order valence-electron chi connectivity index (χ4n) is 6.17. The quantitative estimate of drug-likeness (QED) is 0.459. The average molecular weight is 426 g/mol. The molecule has 26 heavy (non-hydrogen) atoms. The second-order valence-electron chi connectivity index (χ2n) is 9.85. The van der Waals surface area contributed by atoms with Gasteiger partial charge in [-0.05, 0) is 0 Å². The number of rotatable bonds is 2. The van der Waals surface area contributed by atoms with Crippen molar-refractivity contribution in [2.75, 3.05) is 0 Å². The number of allylic oxidation sites excluding steroid dienone is 5. The summed E-state index contributed by atoms with van der Waals surface area (Å²) in [6.45, 7) is 14.7. The molecule has 1 aromatic rings. The van der Waals surface area contributed by atoms with Gasteiger partial charge in [0.05, 0.1) is 0 Å². The van der Waals surface area contributed by atoms with Gasteiger partial charge in [-0.25, -0.2) is 0 Å². The first-order chi connectivity index (χ1) is 12.1. The summed E-state index contributed by atoms with van der Waals surface area (Å²) in [6, 6.07) is 5.12. The normalized spacial score (nSPS) is 26.8. The van der Waals surface area contributed by atoms with Crippen molar-refractivity contribution in [3.8, 4) is 0 Å². The van der Waals surface area contributed by atoms with Gasteiger partial charge < -0.3 is 0 Å². The van der Waals surface area contributed by atoms with Crippen LogP contribution in [0.2, 0.25) is 12.4 Å². The predicted octanol–water partition coefficient (Wildman–Crippen LogP) is 7.53. The van der Waals surface area contributed by atoms with Crippen LogP contribution in [0.15, 0.2) is 40.5 Å². The van der Waals surface area contributed by atoms with E-state index < -0.39 is 20.3 Å². The van der Waals surface area contributed by atoms with Gasteiger partial charge in [0.15, 0.2) is 0 Å². The van der Waals surface area contributed by atoms with Crippen LogP contribution in [0.25, 0.3) is 6.08 Å². The zero-order valence-electron chi connectivity index (χ0n) is 17.9. The van der Waals surface area contributed by atoms with Crippen molar-refractivity contribution in [2.45, 2.75) is 76.3 Å². The Morgan fingerprint density at radius 1 is 0.846 bits per heavy atom. The van der Waals surface area contributed by atoms with Crippen LogP contribution in [-0.4, -0.2) is 0 Å². The summed E-state index contributed by atoms with van der Waals surface area (Å²) in [6.07, 6.45) is 8.94. The molecule has 0 saturated heterocycles. The molecule has 1 atom stereocenters. The molecule has 0 radical (unpaired) electrons. The van der Waals surface area contributed by atoms with Crippen molar-refractivity contribution in [3.63, 3.8) is 0 Å². The molecule has 4 rings (SSSR count). The Labute approximate surface area is 164 Å². The SMILES string of the molecule is CC1=C(C)[C](C)([Zr]([CH3])([CH3])[C]2(C)C=Cc3cc4c(cc32)CCC4)C(C)=C1C. The van der Waals surface area contributed by atoms with E-state index in [1.807, 2.05) is 0 Å². The summed E-state index contributed by atoms with van der Waals surface area (Å²) in [5.74, 6) is 0. The van der Waals surface area contributed by atoms with E-state index in [0.717, 1.165) is 0 Å². The number of fused-ring (bicyclic) bond motifs is 2. The zero-order valence-corrected chi connectivity index (χ0v) is 20.4. The van der Waals surface area contributed by atoms with E-state index in [1.54, 1.807) is 39.0 Å². The van der Waals surface area contributed by atoms with Gasteiger partial charge >= 0.3 is 165 Å². The third-order valence-electron chi connectivity index (χ3n) is 9.16. The van der Waals surface area contributed by atoms with Crippen LogP contribution in [0.5, 0.6) is 0 Å². The summed E-state index contributed by atoms with van der Waals surface area (Å²) in [7, 11) is 0. The molecule has 138 valence electrons. The number of hydrogen-bond acceptors (Lipinski definition) is 0. The Hall–Kier alpha value is -0.677. The molecular formula is C25H34Zr. The third-order valence-corrected chi connectivity index (χ3v) is 24.6. The first-order valence-corrected chi connectivity index (χ1v) is 17.6. The van der Waals surface area contributed by atoms with Crippen LogP contribution < -0.4 is 0 Å². The first-order valence-electron chi connectivity index (χ1n) is 10.3. The Balaban J connectivity index is 1.91. The van der Waals surface area contributed by atoms with Crippen molar-refractivity contribution in [2.24, 2.45) is 0 Å². The summed E-state index contributed by atoms with van der Waals surface area (Å²) in [5.41, 5.74) is 12.8. The standard InChI is InChI=1S/C13H13.C10H15.2CH3.Zr/c1-9-5-6-12-7-10-3-2-4-11(10)8-13(9)12;1-6-7(2)9(4)10(5)8(6)3;;;/h5-8H,2-4H2,1H3;1-5H3;2*1H3;. The maximum atomic E-state index is 2.71. The van der Waals surface area contributed by atoms with Crippen LogP contribution in [0, 0.1) is 0 Å². The molecule has 0 saturated carbocycles. The molecule has 0 heterocycles. The summed E-state index contributed by atoms with van der Waals surface area (Å²) < 4.78 is 5.97. The minimum absolute atomic E-state index is 0.254. The molecule has 1 unspecified atom stereocenters. The molecule has 0 nitrogen and oxygen atoms in total. The van der Waals surface area contributed by atoms with Crippen LogP contribution >= 0.6 is 0 Å². The number of aryl methyl sites for hydroxylation is 2. The monoisotopic (exact) mass is 424 g/mol. The van der Waals surface area contributed by atoms with Gasteiger partial charge in [-0.3, -0.25) is 0 Å². The summed E-state index contributed by atoms with van der Waals surface area (Å²) >= 11 is -2.74. The molecule has 0 spiro atoms.